The molecule has 5 heteroatoms. The quantitative estimate of drug-likeness (QED) is 0.401. The molecule has 1 heterocycles. The number of carbonyl (C=O) groups excluding carboxylic acids is 1. The van der Waals surface area contributed by atoms with E-state index in [1.807, 2.05) is 60.7 Å². The van der Waals surface area contributed by atoms with E-state index in [4.69, 9.17) is 0 Å². The molecule has 2 aromatic carbocycles. The highest BCUT2D eigenvalue weighted by Crippen LogP contribution is 2.23. The third kappa shape index (κ3) is 5.04. The number of benzene rings is 2. The molecule has 0 radical (unpaired) electrons. The van der Waals surface area contributed by atoms with Crippen molar-refractivity contribution in [1.29, 1.82) is 0 Å². The molecule has 1 aromatic heterocycles. The maximum absolute atomic E-state index is 11.9. The number of fused-ring (bicyclic) bond motifs is 1. The van der Waals surface area contributed by atoms with Gasteiger partial charge in [-0.1, -0.05) is 66.4 Å². The molecule has 0 aliphatic heterocycles. The molecule has 0 unspecified atom stereocenters. The van der Waals surface area contributed by atoms with Crippen molar-refractivity contribution in [3.8, 4) is 0 Å². The normalized spacial score (nSPS) is 11.4. The van der Waals surface area contributed by atoms with Gasteiger partial charge in [0.1, 0.15) is 0 Å². The van der Waals surface area contributed by atoms with Gasteiger partial charge in [0.2, 0.25) is 5.91 Å². The Balaban J connectivity index is 1.50. The number of rotatable bonds is 6. The Kier molecular flexibility index (Phi) is 6.17. The number of amides is 1. The summed E-state index contributed by atoms with van der Waals surface area (Å²) in [6, 6.07) is 19.9. The Bertz CT molecular complexity index is 952. The van der Waals surface area contributed by atoms with Crippen molar-refractivity contribution < 1.29 is 4.79 Å². The van der Waals surface area contributed by atoms with Gasteiger partial charge in [-0.2, -0.15) is 5.10 Å². The van der Waals surface area contributed by atoms with Crippen LogP contribution in [0.1, 0.15) is 11.1 Å². The fourth-order valence-corrected chi connectivity index (χ4v) is 3.20. The summed E-state index contributed by atoms with van der Waals surface area (Å²) in [5.41, 5.74) is 5.70. The van der Waals surface area contributed by atoms with Crippen LogP contribution < -0.4 is 5.43 Å². The number of pyridine rings is 1. The summed E-state index contributed by atoms with van der Waals surface area (Å²) in [6.07, 6.45) is 5.27. The fourth-order valence-electron chi connectivity index (χ4n) is 2.43. The number of nitrogens with zero attached hydrogens (tertiary/aromatic N) is 2. The number of allylic oxidation sites excluding steroid dienone is 1. The maximum atomic E-state index is 11.9. The Morgan fingerprint density at radius 3 is 2.77 bits per heavy atom. The number of hydrogen-bond donors (Lipinski definition) is 1. The third-order valence-electron chi connectivity index (χ3n) is 3.69. The second-order valence-electron chi connectivity index (χ2n) is 5.67. The largest absolute Gasteiger partial charge is 0.272 e. The number of thioether (sulfide) groups is 1. The molecule has 0 bridgehead atoms. The number of hydrogen-bond acceptors (Lipinski definition) is 4. The van der Waals surface area contributed by atoms with Gasteiger partial charge < -0.3 is 0 Å². The zero-order chi connectivity index (χ0) is 18.2. The summed E-state index contributed by atoms with van der Waals surface area (Å²) in [5, 5.41) is 5.89. The van der Waals surface area contributed by atoms with E-state index in [9.17, 15) is 4.79 Å². The van der Waals surface area contributed by atoms with Crippen LogP contribution >= 0.6 is 11.8 Å². The van der Waals surface area contributed by atoms with E-state index in [0.29, 0.717) is 0 Å². The summed E-state index contributed by atoms with van der Waals surface area (Å²) in [5.74, 6) is 0.108. The van der Waals surface area contributed by atoms with Crippen molar-refractivity contribution in [2.45, 2.75) is 11.9 Å². The highest BCUT2D eigenvalue weighted by atomic mass is 32.2. The van der Waals surface area contributed by atoms with Gasteiger partial charge in [-0.15, -0.1) is 0 Å². The molecule has 0 spiro atoms. The Labute approximate surface area is 157 Å². The Morgan fingerprint density at radius 1 is 1.15 bits per heavy atom. The molecule has 4 nitrogen and oxygen atoms in total. The standard InChI is InChI=1S/C21H19N3OS/c1-16-14-21(23-19-12-6-5-11-18(16)19)26-15-20(25)24-22-13-7-10-17-8-3-2-4-9-17/h2-14H,15H2,1H3,(H,24,25). The van der Waals surface area contributed by atoms with Gasteiger partial charge in [0.05, 0.1) is 16.3 Å². The van der Waals surface area contributed by atoms with Gasteiger partial charge in [-0.3, -0.25) is 4.79 Å². The van der Waals surface area contributed by atoms with Crippen LogP contribution in [-0.4, -0.2) is 22.9 Å². The van der Waals surface area contributed by atoms with Crippen molar-refractivity contribution in [3.05, 3.63) is 77.9 Å². The predicted molar refractivity (Wildman–Crippen MR) is 109 cm³/mol. The minimum absolute atomic E-state index is 0.160. The summed E-state index contributed by atoms with van der Waals surface area (Å²) in [6.45, 7) is 2.05. The van der Waals surface area contributed by atoms with E-state index in [1.165, 1.54) is 11.8 Å². The molecule has 1 amide bonds. The molecule has 1 N–H and O–H groups in total. The molecule has 0 saturated carbocycles. The number of aromatic nitrogens is 1. The van der Waals surface area contributed by atoms with E-state index in [-0.39, 0.29) is 11.7 Å². The SMILES string of the molecule is Cc1cc(SCC(=O)NN=CC=Cc2ccccc2)nc2ccccc12. The monoisotopic (exact) mass is 361 g/mol. The maximum Gasteiger partial charge on any atom is 0.250 e. The average molecular weight is 361 g/mol. The Morgan fingerprint density at radius 2 is 1.92 bits per heavy atom. The van der Waals surface area contributed by atoms with Crippen LogP contribution in [0.25, 0.3) is 17.0 Å². The second kappa shape index (κ2) is 8.97. The number of carbonyl (C=O) groups is 1. The summed E-state index contributed by atoms with van der Waals surface area (Å²) in [7, 11) is 0. The lowest BCUT2D eigenvalue weighted by atomic mass is 10.1. The zero-order valence-electron chi connectivity index (χ0n) is 14.4. The summed E-state index contributed by atoms with van der Waals surface area (Å²) < 4.78 is 0. The number of para-hydroxylation sites is 1. The van der Waals surface area contributed by atoms with Gasteiger partial charge in [-0.05, 0) is 36.3 Å². The van der Waals surface area contributed by atoms with E-state index >= 15 is 0 Å². The average Bonchev–Trinajstić information content (AvgIpc) is 2.67. The van der Waals surface area contributed by atoms with E-state index in [2.05, 4.69) is 28.5 Å². The van der Waals surface area contributed by atoms with E-state index < -0.39 is 0 Å². The van der Waals surface area contributed by atoms with Crippen LogP contribution in [0.4, 0.5) is 0 Å². The van der Waals surface area contributed by atoms with Crippen LogP contribution in [0.3, 0.4) is 0 Å². The molecule has 3 rings (SSSR count). The molecular weight excluding hydrogens is 342 g/mol. The third-order valence-corrected chi connectivity index (χ3v) is 4.60. The molecule has 0 fully saturated rings. The van der Waals surface area contributed by atoms with Gasteiger partial charge >= 0.3 is 0 Å². The first-order chi connectivity index (χ1) is 12.7. The van der Waals surface area contributed by atoms with Gasteiger partial charge in [0, 0.05) is 11.6 Å². The molecule has 130 valence electrons. The van der Waals surface area contributed by atoms with Crippen molar-refractivity contribution in [2.75, 3.05) is 5.75 Å². The van der Waals surface area contributed by atoms with Crippen LogP contribution in [0, 0.1) is 6.92 Å². The first-order valence-electron chi connectivity index (χ1n) is 8.25. The molecule has 0 aliphatic carbocycles. The lowest BCUT2D eigenvalue weighted by Gasteiger charge is -2.05. The summed E-state index contributed by atoms with van der Waals surface area (Å²) in [4.78, 5) is 16.5. The number of nitrogens with one attached hydrogen (secondary N) is 1. The first kappa shape index (κ1) is 17.9. The van der Waals surface area contributed by atoms with Crippen molar-refractivity contribution in [1.82, 2.24) is 10.4 Å². The molecule has 0 aliphatic rings. The molecule has 26 heavy (non-hydrogen) atoms. The van der Waals surface area contributed by atoms with Crippen LogP contribution in [0.5, 0.6) is 0 Å². The predicted octanol–water partition coefficient (Wildman–Crippen LogP) is 4.45. The van der Waals surface area contributed by atoms with Gasteiger partial charge in [0.15, 0.2) is 0 Å². The zero-order valence-corrected chi connectivity index (χ0v) is 15.2. The van der Waals surface area contributed by atoms with E-state index in [1.54, 1.807) is 12.3 Å². The highest BCUT2D eigenvalue weighted by molar-refractivity contribution is 7.99. The van der Waals surface area contributed by atoms with Crippen molar-refractivity contribution in [2.24, 2.45) is 5.10 Å². The molecule has 0 atom stereocenters. The van der Waals surface area contributed by atoms with Gasteiger partial charge in [-0.25, -0.2) is 10.4 Å². The van der Waals surface area contributed by atoms with Crippen molar-refractivity contribution >= 4 is 40.9 Å². The number of hydrazone groups is 1. The smallest absolute Gasteiger partial charge is 0.250 e. The lowest BCUT2D eigenvalue weighted by molar-refractivity contribution is -0.118. The molecular formula is C21H19N3OS. The molecule has 3 aromatic rings. The topological polar surface area (TPSA) is 54.4 Å². The fraction of sp³-hybridized carbons (Fsp3) is 0.0952. The van der Waals surface area contributed by atoms with Crippen LogP contribution in [0.2, 0.25) is 0 Å². The number of aryl methyl sites for hydroxylation is 1. The summed E-state index contributed by atoms with van der Waals surface area (Å²) >= 11 is 1.40. The lowest BCUT2D eigenvalue weighted by Crippen LogP contribution is -2.19. The van der Waals surface area contributed by atoms with Crippen LogP contribution in [-0.2, 0) is 4.79 Å². The van der Waals surface area contributed by atoms with E-state index in [0.717, 1.165) is 27.1 Å². The first-order valence-corrected chi connectivity index (χ1v) is 9.24. The van der Waals surface area contributed by atoms with Crippen molar-refractivity contribution in [3.63, 3.8) is 0 Å². The minimum atomic E-state index is -0.160. The highest BCUT2D eigenvalue weighted by Gasteiger charge is 2.06. The molecule has 0 saturated heterocycles. The van der Waals surface area contributed by atoms with Crippen LogP contribution in [0.15, 0.2) is 76.9 Å². The minimum Gasteiger partial charge on any atom is -0.272 e. The Hall–Kier alpha value is -2.92. The second-order valence-corrected chi connectivity index (χ2v) is 6.66. The van der Waals surface area contributed by atoms with Gasteiger partial charge in [0.25, 0.3) is 0 Å².